The molecule has 2 heterocycles. The van der Waals surface area contributed by atoms with Gasteiger partial charge in [0.15, 0.2) is 0 Å². The monoisotopic (exact) mass is 463 g/mol. The lowest BCUT2D eigenvalue weighted by Crippen LogP contribution is -3.27. The Morgan fingerprint density at radius 1 is 0.733 bits per heavy atom. The van der Waals surface area contributed by atoms with Gasteiger partial charge in [-0.3, -0.25) is 0 Å². The van der Waals surface area contributed by atoms with Gasteiger partial charge < -0.3 is 14.4 Å². The summed E-state index contributed by atoms with van der Waals surface area (Å²) in [6.07, 6.45) is 0. The van der Waals surface area contributed by atoms with E-state index in [1.54, 1.807) is 9.80 Å². The van der Waals surface area contributed by atoms with E-state index in [4.69, 9.17) is 0 Å². The normalized spacial score (nSPS) is 19.5. The van der Waals surface area contributed by atoms with Crippen LogP contribution in [0.5, 0.6) is 0 Å². The average molecular weight is 464 g/mol. The molecule has 0 saturated carbocycles. The number of hydrogen-bond donors (Lipinski definition) is 2. The third kappa shape index (κ3) is 3.92. The lowest BCUT2D eigenvalue weighted by Gasteiger charge is -2.29. The summed E-state index contributed by atoms with van der Waals surface area (Å²) in [6.45, 7) is 10.5. The van der Waals surface area contributed by atoms with E-state index in [9.17, 15) is 0 Å². The predicted octanol–water partition coefficient (Wildman–Crippen LogP) is 3.06. The second-order valence-corrected chi connectivity index (χ2v) is 9.51. The van der Waals surface area contributed by atoms with Crippen LogP contribution in [0.1, 0.15) is 18.1 Å². The SMILES string of the molecule is CCn1c2ccccc2c2cc(C[NH+]3CC[NH+](Cc4ccc(Br)cc4)CC3)ccc21. The molecule has 0 amide bonds. The predicted molar refractivity (Wildman–Crippen MR) is 128 cm³/mol. The molecule has 5 rings (SSSR count). The van der Waals surface area contributed by atoms with Gasteiger partial charge in [0.05, 0.1) is 0 Å². The van der Waals surface area contributed by atoms with Crippen molar-refractivity contribution in [2.24, 2.45) is 0 Å². The highest BCUT2D eigenvalue weighted by Gasteiger charge is 2.23. The number of piperazine rings is 1. The minimum absolute atomic E-state index is 1.01. The number of para-hydroxylation sites is 1. The second kappa shape index (κ2) is 8.54. The molecule has 1 aromatic heterocycles. The summed E-state index contributed by atoms with van der Waals surface area (Å²) >= 11 is 3.53. The van der Waals surface area contributed by atoms with E-state index < -0.39 is 0 Å². The van der Waals surface area contributed by atoms with E-state index in [0.29, 0.717) is 0 Å². The molecule has 4 heteroatoms. The number of nitrogens with zero attached hydrogens (tertiary/aromatic N) is 1. The molecule has 0 radical (unpaired) electrons. The van der Waals surface area contributed by atoms with Gasteiger partial charge in [-0.2, -0.15) is 0 Å². The van der Waals surface area contributed by atoms with Crippen LogP contribution in [0.15, 0.2) is 71.2 Å². The van der Waals surface area contributed by atoms with E-state index in [0.717, 1.165) is 24.1 Å². The van der Waals surface area contributed by atoms with Crippen molar-refractivity contribution in [2.45, 2.75) is 26.6 Å². The maximum Gasteiger partial charge on any atom is 0.127 e. The van der Waals surface area contributed by atoms with Crippen molar-refractivity contribution >= 4 is 37.7 Å². The Balaban J connectivity index is 1.27. The first kappa shape index (κ1) is 19.8. The van der Waals surface area contributed by atoms with E-state index in [1.807, 2.05) is 0 Å². The summed E-state index contributed by atoms with van der Waals surface area (Å²) < 4.78 is 3.60. The Morgan fingerprint density at radius 2 is 1.33 bits per heavy atom. The molecule has 3 aromatic carbocycles. The second-order valence-electron chi connectivity index (χ2n) is 8.59. The molecule has 30 heavy (non-hydrogen) atoms. The molecule has 1 aliphatic heterocycles. The molecule has 1 saturated heterocycles. The number of benzene rings is 3. The van der Waals surface area contributed by atoms with Crippen molar-refractivity contribution in [2.75, 3.05) is 26.2 Å². The topological polar surface area (TPSA) is 13.8 Å². The highest BCUT2D eigenvalue weighted by Crippen LogP contribution is 2.29. The summed E-state index contributed by atoms with van der Waals surface area (Å²) in [5.41, 5.74) is 5.62. The third-order valence-corrected chi connectivity index (χ3v) is 7.17. The van der Waals surface area contributed by atoms with Crippen LogP contribution in [0.4, 0.5) is 0 Å². The van der Waals surface area contributed by atoms with Crippen LogP contribution in [-0.2, 0) is 19.6 Å². The number of quaternary nitrogens is 2. The number of rotatable bonds is 5. The molecular formula is C26H30BrN3+2. The van der Waals surface area contributed by atoms with E-state index in [1.165, 1.54) is 59.1 Å². The largest absolute Gasteiger partial charge is 0.341 e. The molecule has 1 fully saturated rings. The van der Waals surface area contributed by atoms with Gasteiger partial charge in [-0.25, -0.2) is 0 Å². The van der Waals surface area contributed by atoms with E-state index in [-0.39, 0.29) is 0 Å². The van der Waals surface area contributed by atoms with Gasteiger partial charge in [0.1, 0.15) is 39.3 Å². The molecule has 1 aliphatic rings. The zero-order chi connectivity index (χ0) is 20.5. The lowest BCUT2D eigenvalue weighted by atomic mass is 10.1. The number of nitrogens with one attached hydrogen (secondary N) is 2. The molecule has 0 unspecified atom stereocenters. The lowest BCUT2D eigenvalue weighted by molar-refractivity contribution is -1.02. The quantitative estimate of drug-likeness (QED) is 0.451. The number of hydrogen-bond acceptors (Lipinski definition) is 0. The van der Waals surface area contributed by atoms with Crippen molar-refractivity contribution < 1.29 is 9.80 Å². The summed E-state index contributed by atoms with van der Waals surface area (Å²) in [5, 5.41) is 2.79. The van der Waals surface area contributed by atoms with Crippen LogP contribution in [-0.4, -0.2) is 30.7 Å². The van der Waals surface area contributed by atoms with E-state index >= 15 is 0 Å². The summed E-state index contributed by atoms with van der Waals surface area (Å²) in [6, 6.07) is 24.8. The zero-order valence-corrected chi connectivity index (χ0v) is 19.2. The molecule has 0 spiro atoms. The maximum absolute atomic E-state index is 3.53. The Kier molecular flexibility index (Phi) is 5.64. The van der Waals surface area contributed by atoms with Gasteiger partial charge in [0.2, 0.25) is 0 Å². The molecule has 2 N–H and O–H groups in total. The number of halogens is 1. The van der Waals surface area contributed by atoms with Crippen LogP contribution >= 0.6 is 15.9 Å². The first-order valence-electron chi connectivity index (χ1n) is 11.1. The number of aryl methyl sites for hydroxylation is 1. The Bertz CT molecular complexity index is 1150. The molecule has 4 aromatic rings. The third-order valence-electron chi connectivity index (χ3n) is 6.64. The number of fused-ring (bicyclic) bond motifs is 3. The van der Waals surface area contributed by atoms with Gasteiger partial charge in [-0.1, -0.05) is 52.3 Å². The fourth-order valence-corrected chi connectivity index (χ4v) is 5.31. The highest BCUT2D eigenvalue weighted by atomic mass is 79.9. The summed E-state index contributed by atoms with van der Waals surface area (Å²) in [7, 11) is 0. The van der Waals surface area contributed by atoms with E-state index in [2.05, 4.69) is 94.2 Å². The highest BCUT2D eigenvalue weighted by molar-refractivity contribution is 9.10. The van der Waals surface area contributed by atoms with Crippen molar-refractivity contribution in [3.05, 3.63) is 82.3 Å². The Labute approximate surface area is 187 Å². The Hall–Kier alpha value is -2.14. The molecule has 0 aliphatic carbocycles. The van der Waals surface area contributed by atoms with Crippen LogP contribution in [0.25, 0.3) is 21.8 Å². The van der Waals surface area contributed by atoms with Crippen LogP contribution in [0.3, 0.4) is 0 Å². The van der Waals surface area contributed by atoms with Crippen molar-refractivity contribution in [3.8, 4) is 0 Å². The van der Waals surface area contributed by atoms with Crippen LogP contribution < -0.4 is 9.80 Å². The maximum atomic E-state index is 3.53. The minimum atomic E-state index is 1.01. The molecule has 154 valence electrons. The average Bonchev–Trinajstić information content (AvgIpc) is 3.10. The van der Waals surface area contributed by atoms with Crippen LogP contribution in [0, 0.1) is 0 Å². The van der Waals surface area contributed by atoms with Crippen molar-refractivity contribution in [3.63, 3.8) is 0 Å². The minimum Gasteiger partial charge on any atom is -0.341 e. The van der Waals surface area contributed by atoms with Gasteiger partial charge >= 0.3 is 0 Å². The van der Waals surface area contributed by atoms with Gasteiger partial charge in [-0.15, -0.1) is 0 Å². The van der Waals surface area contributed by atoms with Crippen LogP contribution in [0.2, 0.25) is 0 Å². The molecule has 0 atom stereocenters. The van der Waals surface area contributed by atoms with Gasteiger partial charge in [0.25, 0.3) is 0 Å². The number of aromatic nitrogens is 1. The van der Waals surface area contributed by atoms with Crippen molar-refractivity contribution in [1.29, 1.82) is 0 Å². The molecular weight excluding hydrogens is 434 g/mol. The standard InChI is InChI=1S/C26H28BrN3/c1-2-30-25-6-4-3-5-23(25)24-17-21(9-12-26(24)30)19-29-15-13-28(14-16-29)18-20-7-10-22(27)11-8-20/h3-12,17H,2,13-16,18-19H2,1H3/p+2. The first-order chi connectivity index (χ1) is 14.7. The Morgan fingerprint density at radius 3 is 2.03 bits per heavy atom. The molecule has 0 bridgehead atoms. The summed E-state index contributed by atoms with van der Waals surface area (Å²) in [4.78, 5) is 3.43. The first-order valence-corrected chi connectivity index (χ1v) is 11.9. The smallest absolute Gasteiger partial charge is 0.127 e. The molecule has 3 nitrogen and oxygen atoms in total. The fraction of sp³-hybridized carbons (Fsp3) is 0.308. The van der Waals surface area contributed by atoms with Gasteiger partial charge in [-0.05, 0) is 37.3 Å². The fourth-order valence-electron chi connectivity index (χ4n) is 5.04. The summed E-state index contributed by atoms with van der Waals surface area (Å²) in [5.74, 6) is 0. The van der Waals surface area contributed by atoms with Gasteiger partial charge in [0, 0.05) is 44.0 Å². The zero-order valence-electron chi connectivity index (χ0n) is 17.6. The van der Waals surface area contributed by atoms with Crippen molar-refractivity contribution in [1.82, 2.24) is 4.57 Å².